The Morgan fingerprint density at radius 2 is 2.13 bits per heavy atom. The molecule has 1 aliphatic heterocycles. The lowest BCUT2D eigenvalue weighted by atomic mass is 9.53. The maximum Gasteiger partial charge on any atom is 0.409 e. The van der Waals surface area contributed by atoms with Gasteiger partial charge in [0.05, 0.1) is 6.61 Å². The molecule has 1 saturated heterocycles. The number of carbonyl (C=O) groups is 1. The molecule has 0 radical (unpaired) electrons. The normalized spacial score (nSPS) is 24.5. The molecule has 1 aromatic carbocycles. The summed E-state index contributed by atoms with van der Waals surface area (Å²) in [6, 6.07) is 8.62. The number of nitrogens with zero attached hydrogens (tertiary/aromatic N) is 1. The van der Waals surface area contributed by atoms with E-state index in [4.69, 9.17) is 4.74 Å². The van der Waals surface area contributed by atoms with E-state index in [1.165, 1.54) is 30.4 Å². The number of likely N-dealkylation sites (tertiary alicyclic amines) is 1. The number of amides is 1. The van der Waals surface area contributed by atoms with Crippen LogP contribution in [0.4, 0.5) is 4.79 Å². The van der Waals surface area contributed by atoms with Gasteiger partial charge in [0.15, 0.2) is 0 Å². The van der Waals surface area contributed by atoms with E-state index in [0.29, 0.717) is 12.5 Å². The number of ether oxygens (including phenoxy) is 1. The first kappa shape index (κ1) is 17.9. The quantitative estimate of drug-likeness (QED) is 0.771. The van der Waals surface area contributed by atoms with Gasteiger partial charge in [-0.1, -0.05) is 50.5 Å². The summed E-state index contributed by atoms with van der Waals surface area (Å²) in [5.74, 6) is 0.383. The highest BCUT2D eigenvalue weighted by Crippen LogP contribution is 2.50. The molecule has 1 fully saturated rings. The number of hydrogen-bond acceptors (Lipinski definition) is 2. The number of hydrogen-bond donors (Lipinski definition) is 0. The molecule has 1 heterocycles. The summed E-state index contributed by atoms with van der Waals surface area (Å²) in [6.07, 6.45) is 4.57. The molecular formula is C19H30BNO2. The third kappa shape index (κ3) is 4.10. The number of rotatable bonds is 5. The summed E-state index contributed by atoms with van der Waals surface area (Å²) in [7, 11) is 2.41. The van der Waals surface area contributed by atoms with Crippen molar-refractivity contribution in [2.75, 3.05) is 19.7 Å². The minimum absolute atomic E-state index is 0.163. The molecule has 0 spiro atoms. The number of unbranched alkanes of at least 4 members (excludes halogenated alkanes) is 1. The Hall–Kier alpha value is -1.45. The zero-order valence-electron chi connectivity index (χ0n) is 15.1. The van der Waals surface area contributed by atoms with Crippen molar-refractivity contribution in [2.45, 2.75) is 57.7 Å². The number of aryl methyl sites for hydroxylation is 1. The Bertz CT molecular complexity index is 534. The van der Waals surface area contributed by atoms with Crippen molar-refractivity contribution >= 4 is 13.9 Å². The van der Waals surface area contributed by atoms with Crippen LogP contribution in [0.2, 0.25) is 5.31 Å². The maximum atomic E-state index is 12.2. The third-order valence-electron chi connectivity index (χ3n) is 5.39. The molecule has 4 heteroatoms. The maximum absolute atomic E-state index is 12.2. The average Bonchev–Trinajstić information content (AvgIpc) is 2.54. The topological polar surface area (TPSA) is 29.5 Å². The molecule has 0 aromatic heterocycles. The zero-order valence-corrected chi connectivity index (χ0v) is 15.1. The summed E-state index contributed by atoms with van der Waals surface area (Å²) in [6.45, 7) is 8.31. The van der Waals surface area contributed by atoms with Crippen molar-refractivity contribution in [3.05, 3.63) is 35.4 Å². The van der Waals surface area contributed by atoms with E-state index < -0.39 is 0 Å². The lowest BCUT2D eigenvalue weighted by Gasteiger charge is -2.46. The highest BCUT2D eigenvalue weighted by Gasteiger charge is 2.41. The second-order valence-corrected chi connectivity index (χ2v) is 7.06. The number of piperidine rings is 1. The fourth-order valence-corrected chi connectivity index (χ4v) is 3.81. The van der Waals surface area contributed by atoms with Crippen LogP contribution < -0.4 is 0 Å². The first-order valence-corrected chi connectivity index (χ1v) is 8.99. The van der Waals surface area contributed by atoms with Crippen molar-refractivity contribution in [1.82, 2.24) is 4.90 Å². The molecule has 1 aromatic rings. The highest BCUT2D eigenvalue weighted by atomic mass is 16.6. The van der Waals surface area contributed by atoms with Crippen molar-refractivity contribution in [3.63, 3.8) is 0 Å². The monoisotopic (exact) mass is 315 g/mol. The first-order valence-electron chi connectivity index (χ1n) is 8.99. The van der Waals surface area contributed by atoms with Gasteiger partial charge in [-0.3, -0.25) is 0 Å². The van der Waals surface area contributed by atoms with Gasteiger partial charge < -0.3 is 9.64 Å². The molecular weight excluding hydrogens is 285 g/mol. The second-order valence-electron chi connectivity index (χ2n) is 7.06. The van der Waals surface area contributed by atoms with E-state index >= 15 is 0 Å². The van der Waals surface area contributed by atoms with Gasteiger partial charge in [-0.25, -0.2) is 4.79 Å². The van der Waals surface area contributed by atoms with Gasteiger partial charge in [0.1, 0.15) is 7.85 Å². The molecule has 0 saturated carbocycles. The molecule has 0 aliphatic carbocycles. The molecule has 126 valence electrons. The molecule has 0 bridgehead atoms. The van der Waals surface area contributed by atoms with Crippen LogP contribution in [0.1, 0.15) is 56.6 Å². The fourth-order valence-electron chi connectivity index (χ4n) is 3.81. The van der Waals surface area contributed by atoms with Crippen molar-refractivity contribution in [2.24, 2.45) is 0 Å². The van der Waals surface area contributed by atoms with E-state index in [1.807, 2.05) is 11.8 Å². The fraction of sp³-hybridized carbons (Fsp3) is 0.632. The summed E-state index contributed by atoms with van der Waals surface area (Å²) in [5.41, 5.74) is 2.71. The van der Waals surface area contributed by atoms with Gasteiger partial charge in [-0.15, -0.1) is 0 Å². The zero-order chi connectivity index (χ0) is 16.9. The Morgan fingerprint density at radius 1 is 1.39 bits per heavy atom. The lowest BCUT2D eigenvalue weighted by Crippen LogP contribution is -2.46. The van der Waals surface area contributed by atoms with E-state index in [9.17, 15) is 4.79 Å². The van der Waals surface area contributed by atoms with Crippen LogP contribution in [-0.4, -0.2) is 38.5 Å². The van der Waals surface area contributed by atoms with Gasteiger partial charge >= 0.3 is 6.09 Å². The predicted molar refractivity (Wildman–Crippen MR) is 97.9 cm³/mol. The van der Waals surface area contributed by atoms with Gasteiger partial charge in [-0.2, -0.15) is 0 Å². The van der Waals surface area contributed by atoms with Crippen LogP contribution in [-0.2, 0) is 4.74 Å². The Labute approximate surface area is 141 Å². The van der Waals surface area contributed by atoms with Gasteiger partial charge in [-0.05, 0) is 36.7 Å². The van der Waals surface area contributed by atoms with Crippen molar-refractivity contribution < 1.29 is 9.53 Å². The minimum atomic E-state index is -0.163. The predicted octanol–water partition coefficient (Wildman–Crippen LogP) is 3.92. The Kier molecular flexibility index (Phi) is 6.14. The minimum Gasteiger partial charge on any atom is -0.450 e. The smallest absolute Gasteiger partial charge is 0.409 e. The largest absolute Gasteiger partial charge is 0.450 e. The average molecular weight is 315 g/mol. The molecule has 1 aliphatic rings. The van der Waals surface area contributed by atoms with Crippen LogP contribution >= 0.6 is 0 Å². The van der Waals surface area contributed by atoms with Crippen LogP contribution in [0.5, 0.6) is 0 Å². The third-order valence-corrected chi connectivity index (χ3v) is 5.39. The molecule has 2 rings (SSSR count). The van der Waals surface area contributed by atoms with Gasteiger partial charge in [0.2, 0.25) is 0 Å². The summed E-state index contributed by atoms with van der Waals surface area (Å²) in [4.78, 5) is 14.1. The standard InChI is InChI=1S/C19H30BNO2/c1-4-6-11-19(20)12-13-21(18(22)23-5-2)14-17(19)16-10-8-7-9-15(16)3/h7-10,17H,4-6,11-14,20H2,1-3H3/t17-,19+/m0/s1. The molecule has 2 atom stereocenters. The second kappa shape index (κ2) is 7.89. The van der Waals surface area contributed by atoms with Crippen molar-refractivity contribution in [1.29, 1.82) is 0 Å². The first-order chi connectivity index (χ1) is 11.0. The van der Waals surface area contributed by atoms with Crippen LogP contribution in [0.3, 0.4) is 0 Å². The SMILES string of the molecule is B[C@]1(CCCC)CCN(C(=O)OCC)C[C@H]1c1ccccc1C. The molecule has 3 nitrogen and oxygen atoms in total. The van der Waals surface area contributed by atoms with E-state index in [1.54, 1.807) is 0 Å². The summed E-state index contributed by atoms with van der Waals surface area (Å²) >= 11 is 0. The van der Waals surface area contributed by atoms with Crippen molar-refractivity contribution in [3.8, 4) is 0 Å². The van der Waals surface area contributed by atoms with Gasteiger partial charge in [0.25, 0.3) is 0 Å². The van der Waals surface area contributed by atoms with Crippen LogP contribution in [0.25, 0.3) is 0 Å². The van der Waals surface area contributed by atoms with Crippen LogP contribution in [0.15, 0.2) is 24.3 Å². The van der Waals surface area contributed by atoms with E-state index in [0.717, 1.165) is 19.5 Å². The molecule has 1 amide bonds. The summed E-state index contributed by atoms with van der Waals surface area (Å²) < 4.78 is 5.23. The highest BCUT2D eigenvalue weighted by molar-refractivity contribution is 6.16. The number of benzene rings is 1. The Morgan fingerprint density at radius 3 is 2.78 bits per heavy atom. The Balaban J connectivity index is 2.28. The molecule has 0 unspecified atom stereocenters. The summed E-state index contributed by atoms with van der Waals surface area (Å²) in [5, 5.41) is 0.255. The van der Waals surface area contributed by atoms with E-state index in [-0.39, 0.29) is 11.4 Å². The molecule has 0 N–H and O–H groups in total. The van der Waals surface area contributed by atoms with Crippen LogP contribution in [0, 0.1) is 6.92 Å². The molecule has 23 heavy (non-hydrogen) atoms. The lowest BCUT2D eigenvalue weighted by molar-refractivity contribution is 0.0863. The van der Waals surface area contributed by atoms with E-state index in [2.05, 4.69) is 46.0 Å². The van der Waals surface area contributed by atoms with Gasteiger partial charge in [0, 0.05) is 19.0 Å². The number of carbonyl (C=O) groups excluding carboxylic acids is 1.